The van der Waals surface area contributed by atoms with Crippen LogP contribution in [0.2, 0.25) is 5.02 Å². The van der Waals surface area contributed by atoms with Gasteiger partial charge in [-0.25, -0.2) is 13.5 Å². The summed E-state index contributed by atoms with van der Waals surface area (Å²) in [6.07, 6.45) is 7.79. The van der Waals surface area contributed by atoms with E-state index in [1.807, 2.05) is 0 Å². The molecular weight excluding hydrogens is 574 g/mol. The van der Waals surface area contributed by atoms with Crippen LogP contribution in [-0.2, 0) is 6.54 Å². The zero-order chi connectivity index (χ0) is 31.0. The molecule has 1 saturated carbocycles. The van der Waals surface area contributed by atoms with E-state index in [1.54, 1.807) is 12.3 Å². The van der Waals surface area contributed by atoms with Gasteiger partial charge >= 0.3 is 0 Å². The first kappa shape index (κ1) is 31.2. The third kappa shape index (κ3) is 6.49. The van der Waals surface area contributed by atoms with Gasteiger partial charge in [-0.05, 0) is 59.8 Å². The van der Waals surface area contributed by atoms with Gasteiger partial charge in [0.05, 0.1) is 39.5 Å². The van der Waals surface area contributed by atoms with Crippen molar-refractivity contribution in [2.75, 3.05) is 43.1 Å². The van der Waals surface area contributed by atoms with Crippen molar-refractivity contribution in [2.24, 2.45) is 0 Å². The predicted octanol–water partition coefficient (Wildman–Crippen LogP) is 5.64. The third-order valence-corrected chi connectivity index (χ3v) is 9.59. The Balaban J connectivity index is 1.49. The van der Waals surface area contributed by atoms with Crippen molar-refractivity contribution in [2.45, 2.75) is 77.5 Å². The highest BCUT2D eigenvalue weighted by atomic mass is 35.5. The quantitative estimate of drug-likeness (QED) is 0.333. The van der Waals surface area contributed by atoms with Crippen molar-refractivity contribution < 1.29 is 13.6 Å². The molecule has 1 saturated heterocycles. The van der Waals surface area contributed by atoms with Gasteiger partial charge in [-0.1, -0.05) is 36.1 Å². The van der Waals surface area contributed by atoms with Gasteiger partial charge in [-0.2, -0.15) is 0 Å². The highest BCUT2D eigenvalue weighted by molar-refractivity contribution is 6.35. The summed E-state index contributed by atoms with van der Waals surface area (Å²) >= 11 is 6.37. The van der Waals surface area contributed by atoms with Crippen LogP contribution >= 0.6 is 11.6 Å². The number of carbonyl (C=O) groups is 1. The molecule has 3 aromatic rings. The Labute approximate surface area is 256 Å². The summed E-state index contributed by atoms with van der Waals surface area (Å²) in [7, 11) is 4.15. The van der Waals surface area contributed by atoms with Crippen LogP contribution in [-0.4, -0.2) is 76.0 Å². The van der Waals surface area contributed by atoms with Crippen LogP contribution in [0.3, 0.4) is 0 Å². The fraction of sp³-hybridized carbons (Fsp3) is 0.516. The topological polar surface area (TPSA) is 95.5 Å². The number of rotatable bonds is 7. The molecule has 1 aliphatic heterocycles. The number of hydrogen-bond acceptors (Lipinski definition) is 7. The smallest absolute Gasteiger partial charge is 0.257 e. The number of halogens is 3. The second-order valence-corrected chi connectivity index (χ2v) is 12.5. The highest BCUT2D eigenvalue weighted by Crippen LogP contribution is 2.35. The van der Waals surface area contributed by atoms with E-state index >= 15 is 4.39 Å². The Bertz CT molecular complexity index is 1480. The molecule has 2 aromatic carbocycles. The molecule has 9 nitrogen and oxygen atoms in total. The molecule has 0 spiro atoms. The summed E-state index contributed by atoms with van der Waals surface area (Å²) < 4.78 is 31.6. The van der Waals surface area contributed by atoms with Crippen molar-refractivity contribution in [1.29, 1.82) is 0 Å². The van der Waals surface area contributed by atoms with Crippen molar-refractivity contribution in [3.05, 3.63) is 57.9 Å². The first-order chi connectivity index (χ1) is 20.4. The molecule has 0 radical (unpaired) electrons. The van der Waals surface area contributed by atoms with Crippen molar-refractivity contribution >= 4 is 34.6 Å². The number of anilines is 3. The van der Waals surface area contributed by atoms with Crippen molar-refractivity contribution in [3.63, 3.8) is 0 Å². The largest absolute Gasteiger partial charge is 0.396 e. The number of carbonyl (C=O) groups excluding carboxylic acids is 1. The van der Waals surface area contributed by atoms with Crippen molar-refractivity contribution in [1.82, 2.24) is 24.8 Å². The number of amides is 1. The number of benzene rings is 2. The minimum atomic E-state index is -0.664. The molecule has 2 aliphatic rings. The van der Waals surface area contributed by atoms with Gasteiger partial charge in [0.25, 0.3) is 5.91 Å². The highest BCUT2D eigenvalue weighted by Gasteiger charge is 2.30. The lowest BCUT2D eigenvalue weighted by atomic mass is 9.94. The number of piperazine rings is 1. The number of nitrogens with one attached hydrogen (secondary N) is 1. The van der Waals surface area contributed by atoms with Crippen LogP contribution in [0.5, 0.6) is 0 Å². The number of hydrogen-bond donors (Lipinski definition) is 2. The van der Waals surface area contributed by atoms with E-state index in [1.165, 1.54) is 43.0 Å². The van der Waals surface area contributed by atoms with Gasteiger partial charge in [0, 0.05) is 49.4 Å². The maximum Gasteiger partial charge on any atom is 0.257 e. The molecule has 12 heteroatoms. The third-order valence-electron chi connectivity index (χ3n) is 9.10. The van der Waals surface area contributed by atoms with Crippen LogP contribution in [0.15, 0.2) is 24.4 Å². The second-order valence-electron chi connectivity index (χ2n) is 12.2. The molecule has 0 unspecified atom stereocenters. The Kier molecular flexibility index (Phi) is 9.24. The number of likely N-dealkylation sites (N-methyl/N-ethyl adjacent to an activating group) is 1. The number of nitrogen functional groups attached to an aromatic ring is 1. The maximum absolute atomic E-state index is 15.9. The number of nitrogens with two attached hydrogens (primary N) is 1. The van der Waals surface area contributed by atoms with Gasteiger partial charge in [0.2, 0.25) is 0 Å². The molecule has 0 bridgehead atoms. The van der Waals surface area contributed by atoms with E-state index in [9.17, 15) is 9.18 Å². The Hall–Kier alpha value is -3.28. The molecule has 2 heterocycles. The number of aromatic nitrogens is 3. The van der Waals surface area contributed by atoms with Crippen LogP contribution in [0, 0.1) is 18.6 Å². The Morgan fingerprint density at radius 3 is 2.47 bits per heavy atom. The minimum absolute atomic E-state index is 0.0297. The van der Waals surface area contributed by atoms with Gasteiger partial charge in [-0.15, -0.1) is 5.10 Å². The summed E-state index contributed by atoms with van der Waals surface area (Å²) in [4.78, 5) is 20.2. The normalized spacial score (nSPS) is 20.2. The average Bonchev–Trinajstić information content (AvgIpc) is 3.45. The molecule has 1 amide bonds. The van der Waals surface area contributed by atoms with Crippen LogP contribution in [0.25, 0.3) is 5.69 Å². The lowest BCUT2D eigenvalue weighted by Crippen LogP contribution is -2.55. The zero-order valence-corrected chi connectivity index (χ0v) is 26.3. The van der Waals surface area contributed by atoms with E-state index in [4.69, 9.17) is 17.3 Å². The average molecular weight is 615 g/mol. The monoisotopic (exact) mass is 614 g/mol. The molecule has 3 N–H and O–H groups in total. The van der Waals surface area contributed by atoms with E-state index in [-0.39, 0.29) is 39.6 Å². The molecule has 2 atom stereocenters. The van der Waals surface area contributed by atoms with E-state index in [2.05, 4.69) is 58.3 Å². The summed E-state index contributed by atoms with van der Waals surface area (Å²) in [5.41, 5.74) is 7.54. The fourth-order valence-electron chi connectivity index (χ4n) is 6.24. The first-order valence-corrected chi connectivity index (χ1v) is 15.3. The van der Waals surface area contributed by atoms with Crippen LogP contribution < -0.4 is 16.0 Å². The molecular formula is C31H41ClF2N8O. The van der Waals surface area contributed by atoms with Crippen LogP contribution in [0.4, 0.5) is 25.8 Å². The Morgan fingerprint density at radius 1 is 1.12 bits per heavy atom. The molecule has 2 fully saturated rings. The molecule has 43 heavy (non-hydrogen) atoms. The van der Waals surface area contributed by atoms with E-state index in [0.29, 0.717) is 37.1 Å². The summed E-state index contributed by atoms with van der Waals surface area (Å²) in [6.45, 7) is 7.55. The van der Waals surface area contributed by atoms with Gasteiger partial charge < -0.3 is 16.0 Å². The zero-order valence-electron chi connectivity index (χ0n) is 25.5. The lowest BCUT2D eigenvalue weighted by Gasteiger charge is -2.44. The summed E-state index contributed by atoms with van der Waals surface area (Å²) in [5.74, 6) is -1.74. The van der Waals surface area contributed by atoms with Crippen molar-refractivity contribution in [3.8, 4) is 5.69 Å². The number of nitrogens with zero attached hydrogens (tertiary/aromatic N) is 6. The molecule has 1 aromatic heterocycles. The molecule has 5 rings (SSSR count). The second kappa shape index (κ2) is 12.8. The first-order valence-electron chi connectivity index (χ1n) is 14.9. The summed E-state index contributed by atoms with van der Waals surface area (Å²) in [6, 6.07) is 5.10. The molecule has 1 aliphatic carbocycles. The van der Waals surface area contributed by atoms with Gasteiger partial charge in [-0.3, -0.25) is 14.6 Å². The van der Waals surface area contributed by atoms with Gasteiger partial charge in [0.1, 0.15) is 5.69 Å². The lowest BCUT2D eigenvalue weighted by molar-refractivity contribution is 0.102. The Morgan fingerprint density at radius 2 is 1.79 bits per heavy atom. The predicted molar refractivity (Wildman–Crippen MR) is 167 cm³/mol. The van der Waals surface area contributed by atoms with E-state index in [0.717, 1.165) is 18.5 Å². The fourth-order valence-corrected chi connectivity index (χ4v) is 6.46. The molecule has 232 valence electrons. The maximum atomic E-state index is 15.9. The standard InChI is InChI=1S/C31H41ClF2N8O/c1-18-14-41(15-19(2)40(18)5)28-12-24(33)27(42-17-21(37-38-42)16-39(4)22-9-7-6-8-10-22)13-26(28)36-31(43)23-11-25(35)30(34)20(3)29(23)32/h11-13,17-19,22H,6-10,14-16,35H2,1-5H3,(H,36,43)/t18-,19+. The van der Waals surface area contributed by atoms with E-state index < -0.39 is 17.5 Å². The SMILES string of the molecule is Cc1c(F)c(N)cc(C(=O)Nc2cc(-n3cc(CN(C)C4CCCCC4)nn3)c(F)cc2N2C[C@@H](C)N(C)[C@@H](C)C2)c1Cl. The van der Waals surface area contributed by atoms with Gasteiger partial charge in [0.15, 0.2) is 11.6 Å². The van der Waals surface area contributed by atoms with Crippen LogP contribution in [0.1, 0.15) is 67.6 Å². The minimum Gasteiger partial charge on any atom is -0.396 e. The summed E-state index contributed by atoms with van der Waals surface area (Å²) in [5, 5.41) is 11.4.